The van der Waals surface area contributed by atoms with E-state index >= 15 is 0 Å². The Balaban J connectivity index is 2.49. The number of hydrogen-bond donors (Lipinski definition) is 2. The van der Waals surface area contributed by atoms with Crippen LogP contribution in [0.1, 0.15) is 76.6 Å². The number of aryl methyl sites for hydroxylation is 2. The van der Waals surface area contributed by atoms with Crippen LogP contribution >= 0.6 is 0 Å². The molecule has 0 saturated heterocycles. The molecule has 1 saturated carbocycles. The van der Waals surface area contributed by atoms with Crippen LogP contribution in [0.15, 0.2) is 18.2 Å². The van der Waals surface area contributed by atoms with Crippen molar-refractivity contribution in [3.63, 3.8) is 0 Å². The van der Waals surface area contributed by atoms with Crippen LogP contribution in [0, 0.1) is 19.8 Å². The molecule has 36 heavy (non-hydrogen) atoms. The second-order valence-electron chi connectivity index (χ2n) is 10.5. The van der Waals surface area contributed by atoms with Crippen LogP contribution in [-0.2, 0) is 23.9 Å². The molecule has 3 unspecified atom stereocenters. The van der Waals surface area contributed by atoms with Gasteiger partial charge in [0.1, 0.15) is 24.2 Å². The van der Waals surface area contributed by atoms with E-state index in [0.717, 1.165) is 24.0 Å². The molecule has 2 rings (SSSR count). The summed E-state index contributed by atoms with van der Waals surface area (Å²) >= 11 is 0. The lowest BCUT2D eigenvalue weighted by Gasteiger charge is -2.36. The van der Waals surface area contributed by atoms with Crippen molar-refractivity contribution in [2.45, 2.75) is 91.5 Å². The topological polar surface area (TPSA) is 114 Å². The number of rotatable bonds is 10. The minimum absolute atomic E-state index is 0.154. The quantitative estimate of drug-likeness (QED) is 0.472. The van der Waals surface area contributed by atoms with Gasteiger partial charge < -0.3 is 25.0 Å². The Morgan fingerprint density at radius 1 is 1.14 bits per heavy atom. The van der Waals surface area contributed by atoms with Crippen molar-refractivity contribution in [2.24, 2.45) is 5.92 Å². The van der Waals surface area contributed by atoms with Crippen molar-refractivity contribution < 1.29 is 28.7 Å². The summed E-state index contributed by atoms with van der Waals surface area (Å²) in [4.78, 5) is 53.6. The molecule has 9 nitrogen and oxygen atoms in total. The van der Waals surface area contributed by atoms with Crippen molar-refractivity contribution in [3.05, 3.63) is 34.9 Å². The highest BCUT2D eigenvalue weighted by Crippen LogP contribution is 2.37. The summed E-state index contributed by atoms with van der Waals surface area (Å²) in [6, 6.07) is 3.68. The van der Waals surface area contributed by atoms with Crippen molar-refractivity contribution in [1.82, 2.24) is 15.5 Å². The van der Waals surface area contributed by atoms with Gasteiger partial charge in [-0.05, 0) is 64.5 Å². The minimum atomic E-state index is -0.970. The van der Waals surface area contributed by atoms with E-state index in [1.54, 1.807) is 25.7 Å². The van der Waals surface area contributed by atoms with E-state index in [1.807, 2.05) is 45.9 Å². The van der Waals surface area contributed by atoms with Gasteiger partial charge in [-0.1, -0.05) is 44.0 Å². The molecule has 0 aliphatic heterocycles. The number of ether oxygens (including phenoxy) is 2. The summed E-state index contributed by atoms with van der Waals surface area (Å²) in [7, 11) is 1.25. The first-order chi connectivity index (χ1) is 16.8. The summed E-state index contributed by atoms with van der Waals surface area (Å²) < 4.78 is 10.1. The monoisotopic (exact) mass is 503 g/mol. The maximum Gasteiger partial charge on any atom is 0.408 e. The van der Waals surface area contributed by atoms with E-state index < -0.39 is 35.7 Å². The molecule has 3 atom stereocenters. The van der Waals surface area contributed by atoms with E-state index in [2.05, 4.69) is 15.4 Å². The predicted molar refractivity (Wildman–Crippen MR) is 136 cm³/mol. The summed E-state index contributed by atoms with van der Waals surface area (Å²) in [5.74, 6) is -1.62. The number of alkyl carbamates (subject to hydrolysis) is 1. The Kier molecular flexibility index (Phi) is 9.90. The molecule has 2 N–H and O–H groups in total. The molecule has 0 radical (unpaired) electrons. The van der Waals surface area contributed by atoms with Gasteiger partial charge in [-0.15, -0.1) is 0 Å². The number of nitrogens with one attached hydrogen (secondary N) is 2. The van der Waals surface area contributed by atoms with Crippen molar-refractivity contribution in [2.75, 3.05) is 13.7 Å². The van der Waals surface area contributed by atoms with Crippen LogP contribution in [0.2, 0.25) is 0 Å². The molecule has 200 valence electrons. The first-order valence-corrected chi connectivity index (χ1v) is 12.5. The van der Waals surface area contributed by atoms with Crippen molar-refractivity contribution in [3.8, 4) is 0 Å². The zero-order valence-corrected chi connectivity index (χ0v) is 22.8. The number of benzene rings is 1. The molecule has 1 aliphatic rings. The standard InChI is InChI=1S/C27H41N3O6/c1-9-17(3)22(29-26(34)36-27(5,6)7)25(33)30(19-11-12-19)23(24(32)28-15-21(31)35-8)20-13-10-16(2)14-18(20)4/h10,13-14,17,19,22-23H,9,11-12,15H2,1-8H3,(H,28,32)(H,29,34). The molecule has 0 bridgehead atoms. The number of amides is 3. The van der Waals surface area contributed by atoms with Crippen LogP contribution in [0.25, 0.3) is 0 Å². The first-order valence-electron chi connectivity index (χ1n) is 12.5. The van der Waals surface area contributed by atoms with Gasteiger partial charge in [0.25, 0.3) is 0 Å². The molecule has 9 heteroatoms. The Morgan fingerprint density at radius 3 is 2.28 bits per heavy atom. The molecular formula is C27H41N3O6. The molecule has 1 aromatic carbocycles. The van der Waals surface area contributed by atoms with E-state index in [1.165, 1.54) is 7.11 Å². The van der Waals surface area contributed by atoms with Crippen LogP contribution in [0.5, 0.6) is 0 Å². The molecule has 0 spiro atoms. The Labute approximate surface area is 214 Å². The Hall–Kier alpha value is -3.10. The highest BCUT2D eigenvalue weighted by Gasteiger charge is 2.45. The largest absolute Gasteiger partial charge is 0.468 e. The molecule has 1 fully saturated rings. The van der Waals surface area contributed by atoms with Crippen molar-refractivity contribution >= 4 is 23.9 Å². The molecule has 0 heterocycles. The summed E-state index contributed by atoms with van der Waals surface area (Å²) in [6.45, 7) is 12.6. The number of esters is 1. The Morgan fingerprint density at radius 2 is 1.78 bits per heavy atom. The van der Waals surface area contributed by atoms with E-state index in [-0.39, 0.29) is 24.4 Å². The fraction of sp³-hybridized carbons (Fsp3) is 0.630. The lowest BCUT2D eigenvalue weighted by Crippen LogP contribution is -2.56. The summed E-state index contributed by atoms with van der Waals surface area (Å²) in [5, 5.41) is 5.38. The zero-order chi connectivity index (χ0) is 27.2. The van der Waals surface area contributed by atoms with E-state index in [9.17, 15) is 19.2 Å². The summed E-state index contributed by atoms with van der Waals surface area (Å²) in [6.07, 6.45) is 1.44. The number of carbonyl (C=O) groups excluding carboxylic acids is 4. The SMILES string of the molecule is CCC(C)C(NC(=O)OC(C)(C)C)C(=O)N(C1CC1)C(C(=O)NCC(=O)OC)c1ccc(C)cc1C. The Bertz CT molecular complexity index is 967. The van der Waals surface area contributed by atoms with Gasteiger partial charge in [0, 0.05) is 6.04 Å². The van der Waals surface area contributed by atoms with Crippen LogP contribution in [0.3, 0.4) is 0 Å². The molecule has 0 aromatic heterocycles. The van der Waals surface area contributed by atoms with Gasteiger partial charge in [0.2, 0.25) is 11.8 Å². The highest BCUT2D eigenvalue weighted by atomic mass is 16.6. The molecular weight excluding hydrogens is 462 g/mol. The zero-order valence-electron chi connectivity index (χ0n) is 22.8. The lowest BCUT2D eigenvalue weighted by atomic mass is 9.93. The minimum Gasteiger partial charge on any atom is -0.468 e. The average Bonchev–Trinajstić information content (AvgIpc) is 3.62. The van der Waals surface area contributed by atoms with E-state index in [4.69, 9.17) is 4.74 Å². The molecule has 1 aliphatic carbocycles. The molecule has 3 amide bonds. The second-order valence-corrected chi connectivity index (χ2v) is 10.5. The maximum atomic E-state index is 14.1. The van der Waals surface area contributed by atoms with Gasteiger partial charge in [-0.2, -0.15) is 0 Å². The predicted octanol–water partition coefficient (Wildman–Crippen LogP) is 3.56. The third-order valence-corrected chi connectivity index (χ3v) is 6.23. The summed E-state index contributed by atoms with van der Waals surface area (Å²) in [5.41, 5.74) is 1.83. The normalized spacial score (nSPS) is 15.8. The number of nitrogens with zero attached hydrogens (tertiary/aromatic N) is 1. The van der Waals surface area contributed by atoms with Gasteiger partial charge in [-0.25, -0.2) is 4.79 Å². The maximum absolute atomic E-state index is 14.1. The van der Waals surface area contributed by atoms with Gasteiger partial charge in [-0.3, -0.25) is 14.4 Å². The van der Waals surface area contributed by atoms with Crippen molar-refractivity contribution in [1.29, 1.82) is 0 Å². The fourth-order valence-electron chi connectivity index (χ4n) is 4.03. The van der Waals surface area contributed by atoms with Gasteiger partial charge >= 0.3 is 12.1 Å². The lowest BCUT2D eigenvalue weighted by molar-refractivity contribution is -0.145. The van der Waals surface area contributed by atoms with Crippen LogP contribution in [0.4, 0.5) is 4.79 Å². The highest BCUT2D eigenvalue weighted by molar-refractivity contribution is 5.94. The molecule has 1 aromatic rings. The second kappa shape index (κ2) is 12.2. The smallest absolute Gasteiger partial charge is 0.408 e. The van der Waals surface area contributed by atoms with Crippen LogP contribution in [-0.4, -0.2) is 60.1 Å². The van der Waals surface area contributed by atoms with Gasteiger partial charge in [0.15, 0.2) is 0 Å². The third kappa shape index (κ3) is 7.96. The average molecular weight is 504 g/mol. The first kappa shape index (κ1) is 29.1. The number of methoxy groups -OCH3 is 1. The van der Waals surface area contributed by atoms with E-state index in [0.29, 0.717) is 12.0 Å². The number of carbonyl (C=O) groups is 4. The van der Waals surface area contributed by atoms with Crippen LogP contribution < -0.4 is 10.6 Å². The fourth-order valence-corrected chi connectivity index (χ4v) is 4.03. The number of hydrogen-bond acceptors (Lipinski definition) is 6. The third-order valence-electron chi connectivity index (χ3n) is 6.23. The van der Waals surface area contributed by atoms with Gasteiger partial charge in [0.05, 0.1) is 7.11 Å².